The minimum atomic E-state index is -0.266. The maximum atomic E-state index is 11.4. The average molecular weight is 267 g/mol. The lowest BCUT2D eigenvalue weighted by atomic mass is 10.0. The Kier molecular flexibility index (Phi) is 2.78. The van der Waals surface area contributed by atoms with Crippen molar-refractivity contribution in [1.82, 2.24) is 4.98 Å². The Morgan fingerprint density at radius 2 is 2.45 bits per heavy atom. The van der Waals surface area contributed by atoms with Gasteiger partial charge in [0.1, 0.15) is 17.9 Å². The van der Waals surface area contributed by atoms with Crippen molar-refractivity contribution in [3.63, 3.8) is 0 Å². The topological polar surface area (TPSA) is 115 Å². The fourth-order valence-corrected chi connectivity index (χ4v) is 2.42. The van der Waals surface area contributed by atoms with Gasteiger partial charge in [0.25, 0.3) is 0 Å². The number of aromatic nitrogens is 1. The molecule has 0 bridgehead atoms. The van der Waals surface area contributed by atoms with Crippen LogP contribution >= 0.6 is 0 Å². The molecule has 0 saturated heterocycles. The number of ether oxygens (including phenoxy) is 1. The molecular formula is C13H9N5O2. The predicted molar refractivity (Wildman–Crippen MR) is 71.4 cm³/mol. The molecule has 0 aliphatic carbocycles. The molecule has 1 aromatic carbocycles. The van der Waals surface area contributed by atoms with Crippen LogP contribution in [0.4, 0.5) is 0 Å². The molecule has 1 N–H and O–H groups in total. The van der Waals surface area contributed by atoms with Crippen molar-refractivity contribution >= 4 is 10.9 Å². The first-order chi connectivity index (χ1) is 9.72. The van der Waals surface area contributed by atoms with Crippen LogP contribution in [0.5, 0.6) is 5.75 Å². The number of nitriles is 1. The number of nitrogens with zero attached hydrogens (tertiary/aromatic N) is 4. The second-order valence-corrected chi connectivity index (χ2v) is 4.49. The Labute approximate surface area is 113 Å². The van der Waals surface area contributed by atoms with Crippen LogP contribution in [0.2, 0.25) is 0 Å². The summed E-state index contributed by atoms with van der Waals surface area (Å²) in [5, 5.41) is 13.4. The summed E-state index contributed by atoms with van der Waals surface area (Å²) in [6.45, 7) is 0.234. The van der Waals surface area contributed by atoms with Gasteiger partial charge in [-0.15, -0.1) is 0 Å². The zero-order chi connectivity index (χ0) is 14.1. The van der Waals surface area contributed by atoms with E-state index >= 15 is 0 Å². The van der Waals surface area contributed by atoms with Gasteiger partial charge in [0.15, 0.2) is 0 Å². The Morgan fingerprint density at radius 3 is 3.20 bits per heavy atom. The van der Waals surface area contributed by atoms with Crippen LogP contribution in [0.15, 0.2) is 28.1 Å². The van der Waals surface area contributed by atoms with Crippen molar-refractivity contribution in [1.29, 1.82) is 5.26 Å². The minimum Gasteiger partial charge on any atom is -0.489 e. The number of hydrogen-bond donors (Lipinski definition) is 1. The van der Waals surface area contributed by atoms with Crippen LogP contribution in [0, 0.1) is 11.3 Å². The number of aromatic amines is 1. The number of pyridine rings is 1. The number of rotatable bonds is 2. The highest BCUT2D eigenvalue weighted by Crippen LogP contribution is 2.37. The third-order valence-corrected chi connectivity index (χ3v) is 3.24. The summed E-state index contributed by atoms with van der Waals surface area (Å²) in [5.41, 5.74) is 9.85. The summed E-state index contributed by atoms with van der Waals surface area (Å²) < 4.78 is 5.77. The smallest absolute Gasteiger partial charge is 0.248 e. The van der Waals surface area contributed by atoms with Crippen molar-refractivity contribution in [2.45, 2.75) is 12.5 Å². The minimum absolute atomic E-state index is 0.232. The van der Waals surface area contributed by atoms with E-state index in [1.54, 1.807) is 12.1 Å². The van der Waals surface area contributed by atoms with E-state index in [0.29, 0.717) is 28.6 Å². The molecule has 98 valence electrons. The molecule has 7 nitrogen and oxygen atoms in total. The lowest BCUT2D eigenvalue weighted by Crippen LogP contribution is -2.16. The molecule has 1 aromatic heterocycles. The van der Waals surface area contributed by atoms with Gasteiger partial charge in [-0.25, -0.2) is 0 Å². The van der Waals surface area contributed by atoms with Crippen LogP contribution < -0.4 is 10.3 Å². The largest absolute Gasteiger partial charge is 0.489 e. The molecule has 2 aromatic rings. The maximum absolute atomic E-state index is 11.4. The van der Waals surface area contributed by atoms with Gasteiger partial charge in [-0.3, -0.25) is 4.79 Å². The van der Waals surface area contributed by atoms with Crippen molar-refractivity contribution in [2.75, 3.05) is 6.54 Å². The van der Waals surface area contributed by atoms with Crippen molar-refractivity contribution in [3.8, 4) is 11.8 Å². The lowest BCUT2D eigenvalue weighted by molar-refractivity contribution is 0.244. The quantitative estimate of drug-likeness (QED) is 0.509. The molecular weight excluding hydrogens is 258 g/mol. The lowest BCUT2D eigenvalue weighted by Gasteiger charge is -2.08. The average Bonchev–Trinajstić information content (AvgIpc) is 2.86. The fourth-order valence-electron chi connectivity index (χ4n) is 2.42. The van der Waals surface area contributed by atoms with Gasteiger partial charge in [-0.2, -0.15) is 5.26 Å². The van der Waals surface area contributed by atoms with Gasteiger partial charge in [-0.1, -0.05) is 5.11 Å². The van der Waals surface area contributed by atoms with E-state index in [-0.39, 0.29) is 18.2 Å². The van der Waals surface area contributed by atoms with Crippen LogP contribution in [0.1, 0.15) is 11.1 Å². The van der Waals surface area contributed by atoms with Gasteiger partial charge < -0.3 is 9.72 Å². The maximum Gasteiger partial charge on any atom is 0.248 e. The second-order valence-electron chi connectivity index (χ2n) is 4.49. The molecule has 0 amide bonds. The summed E-state index contributed by atoms with van der Waals surface area (Å²) in [7, 11) is 0. The van der Waals surface area contributed by atoms with Crippen molar-refractivity contribution in [3.05, 3.63) is 50.1 Å². The Balaban J connectivity index is 2.17. The van der Waals surface area contributed by atoms with E-state index in [1.807, 2.05) is 0 Å². The first kappa shape index (κ1) is 12.1. The Hall–Kier alpha value is -2.97. The summed E-state index contributed by atoms with van der Waals surface area (Å²) in [6.07, 6.45) is 0.350. The molecule has 3 rings (SSSR count). The highest BCUT2D eigenvalue weighted by molar-refractivity contribution is 5.91. The third kappa shape index (κ3) is 1.85. The molecule has 7 heteroatoms. The first-order valence-corrected chi connectivity index (χ1v) is 5.99. The van der Waals surface area contributed by atoms with E-state index in [2.05, 4.69) is 21.1 Å². The van der Waals surface area contributed by atoms with Crippen LogP contribution in [0.3, 0.4) is 0 Å². The van der Waals surface area contributed by atoms with E-state index in [1.165, 1.54) is 6.07 Å². The van der Waals surface area contributed by atoms with E-state index < -0.39 is 0 Å². The number of hydrogen-bond acceptors (Lipinski definition) is 4. The van der Waals surface area contributed by atoms with Gasteiger partial charge in [-0.05, 0) is 23.2 Å². The van der Waals surface area contributed by atoms with Crippen LogP contribution in [-0.4, -0.2) is 17.6 Å². The van der Waals surface area contributed by atoms with E-state index in [4.69, 9.17) is 10.3 Å². The highest BCUT2D eigenvalue weighted by atomic mass is 16.5. The molecule has 0 radical (unpaired) electrons. The summed E-state index contributed by atoms with van der Waals surface area (Å²) >= 11 is 0. The zero-order valence-corrected chi connectivity index (χ0v) is 10.3. The van der Waals surface area contributed by atoms with Gasteiger partial charge >= 0.3 is 0 Å². The number of H-pyrrole nitrogens is 1. The van der Waals surface area contributed by atoms with Crippen molar-refractivity contribution < 1.29 is 4.74 Å². The highest BCUT2D eigenvalue weighted by Gasteiger charge is 2.26. The second kappa shape index (κ2) is 4.61. The summed E-state index contributed by atoms with van der Waals surface area (Å²) in [4.78, 5) is 16.8. The normalized spacial score (nSPS) is 16.1. The summed E-state index contributed by atoms with van der Waals surface area (Å²) in [5.74, 6) is 0.647. The number of nitrogens with one attached hydrogen (secondary N) is 1. The fraction of sp³-hybridized carbons (Fsp3) is 0.231. The number of benzene rings is 1. The molecule has 1 aliphatic heterocycles. The van der Waals surface area contributed by atoms with Crippen molar-refractivity contribution in [2.24, 2.45) is 5.11 Å². The SMILES string of the molecule is N#Cc1cc2c(c3ccc(=O)[nH]c13)OC(CN=[N+]=[N-])C2. The van der Waals surface area contributed by atoms with E-state index in [9.17, 15) is 10.1 Å². The van der Waals surface area contributed by atoms with Gasteiger partial charge in [0.2, 0.25) is 5.56 Å². The van der Waals surface area contributed by atoms with E-state index in [0.717, 1.165) is 5.56 Å². The molecule has 1 atom stereocenters. The molecule has 20 heavy (non-hydrogen) atoms. The van der Waals surface area contributed by atoms with Crippen LogP contribution in [0.25, 0.3) is 21.3 Å². The number of azide groups is 1. The Bertz CT molecular complexity index is 842. The predicted octanol–water partition coefficient (Wildman–Crippen LogP) is 2.01. The zero-order valence-electron chi connectivity index (χ0n) is 10.3. The summed E-state index contributed by atoms with van der Waals surface area (Å²) in [6, 6.07) is 6.83. The number of fused-ring (bicyclic) bond motifs is 3. The van der Waals surface area contributed by atoms with Gasteiger partial charge in [0.05, 0.1) is 17.6 Å². The standard InChI is InChI=1S/C13H9N5O2/c14-5-8-3-7-4-9(6-16-18-15)20-13(7)10-1-2-11(19)17-12(8)10/h1-3,9H,4,6H2,(H,17,19). The molecule has 1 aliphatic rings. The Morgan fingerprint density at radius 1 is 1.60 bits per heavy atom. The first-order valence-electron chi connectivity index (χ1n) is 5.99. The third-order valence-electron chi connectivity index (χ3n) is 3.24. The molecule has 2 heterocycles. The van der Waals surface area contributed by atoms with Crippen LogP contribution in [-0.2, 0) is 6.42 Å². The van der Waals surface area contributed by atoms with Gasteiger partial charge in [0, 0.05) is 22.8 Å². The molecule has 0 saturated carbocycles. The molecule has 1 unspecified atom stereocenters. The molecule has 0 spiro atoms. The monoisotopic (exact) mass is 267 g/mol. The molecule has 0 fully saturated rings.